The SMILES string of the molecule is CNCc1nc(-c2ccc(CNC(=O)OC(C)(C)C)cc2)no1. The molecule has 7 heteroatoms. The van der Waals surface area contributed by atoms with Crippen LogP contribution in [0, 0.1) is 0 Å². The number of hydrogen-bond donors (Lipinski definition) is 2. The summed E-state index contributed by atoms with van der Waals surface area (Å²) in [7, 11) is 1.82. The number of carbonyl (C=O) groups excluding carboxylic acids is 1. The molecular weight excluding hydrogens is 296 g/mol. The Morgan fingerprint density at radius 2 is 1.91 bits per heavy atom. The van der Waals surface area contributed by atoms with Crippen molar-refractivity contribution in [1.29, 1.82) is 0 Å². The first-order valence-electron chi connectivity index (χ1n) is 7.41. The van der Waals surface area contributed by atoms with Crippen molar-refractivity contribution in [1.82, 2.24) is 20.8 Å². The summed E-state index contributed by atoms with van der Waals surface area (Å²) in [6.07, 6.45) is -0.434. The van der Waals surface area contributed by atoms with Crippen molar-refractivity contribution in [3.05, 3.63) is 35.7 Å². The van der Waals surface area contributed by atoms with Crippen molar-refractivity contribution in [2.45, 2.75) is 39.5 Å². The number of carbonyl (C=O) groups is 1. The largest absolute Gasteiger partial charge is 0.444 e. The molecule has 0 radical (unpaired) electrons. The van der Waals surface area contributed by atoms with Gasteiger partial charge in [-0.25, -0.2) is 4.79 Å². The van der Waals surface area contributed by atoms with Crippen LogP contribution in [0.25, 0.3) is 11.4 Å². The Morgan fingerprint density at radius 1 is 1.22 bits per heavy atom. The zero-order valence-electron chi connectivity index (χ0n) is 13.8. The number of ether oxygens (including phenoxy) is 1. The highest BCUT2D eigenvalue weighted by atomic mass is 16.6. The number of aromatic nitrogens is 2. The average Bonchev–Trinajstić information content (AvgIpc) is 2.93. The van der Waals surface area contributed by atoms with Crippen molar-refractivity contribution in [2.75, 3.05) is 7.05 Å². The van der Waals surface area contributed by atoms with Gasteiger partial charge in [-0.2, -0.15) is 4.98 Å². The third kappa shape index (κ3) is 5.37. The van der Waals surface area contributed by atoms with Gasteiger partial charge in [0.1, 0.15) is 5.60 Å². The van der Waals surface area contributed by atoms with E-state index >= 15 is 0 Å². The Hall–Kier alpha value is -2.41. The predicted octanol–water partition coefficient (Wildman–Crippen LogP) is 2.48. The number of amides is 1. The summed E-state index contributed by atoms with van der Waals surface area (Å²) in [5.41, 5.74) is 1.31. The van der Waals surface area contributed by atoms with Crippen LogP contribution in [0.1, 0.15) is 32.2 Å². The summed E-state index contributed by atoms with van der Waals surface area (Å²) in [6, 6.07) is 7.59. The zero-order chi connectivity index (χ0) is 16.9. The van der Waals surface area contributed by atoms with Crippen molar-refractivity contribution in [3.63, 3.8) is 0 Å². The van der Waals surface area contributed by atoms with E-state index in [2.05, 4.69) is 20.8 Å². The number of nitrogens with one attached hydrogen (secondary N) is 2. The molecule has 0 atom stereocenters. The van der Waals surface area contributed by atoms with E-state index in [9.17, 15) is 4.79 Å². The topological polar surface area (TPSA) is 89.3 Å². The van der Waals surface area contributed by atoms with Crippen molar-refractivity contribution >= 4 is 6.09 Å². The number of nitrogens with zero attached hydrogens (tertiary/aromatic N) is 2. The molecule has 0 aliphatic rings. The Morgan fingerprint density at radius 3 is 2.52 bits per heavy atom. The molecule has 0 spiro atoms. The molecular formula is C16H22N4O3. The first kappa shape index (κ1) is 17.0. The molecule has 0 fully saturated rings. The summed E-state index contributed by atoms with van der Waals surface area (Å²) in [5.74, 6) is 1.08. The molecule has 0 aliphatic carbocycles. The molecule has 2 N–H and O–H groups in total. The molecule has 1 heterocycles. The smallest absolute Gasteiger partial charge is 0.407 e. The van der Waals surface area contributed by atoms with Gasteiger partial charge in [-0.1, -0.05) is 29.4 Å². The second kappa shape index (κ2) is 7.23. The Balaban J connectivity index is 1.92. The van der Waals surface area contributed by atoms with Gasteiger partial charge in [0.2, 0.25) is 11.7 Å². The van der Waals surface area contributed by atoms with Crippen LogP contribution in [-0.4, -0.2) is 28.9 Å². The molecule has 1 amide bonds. The van der Waals surface area contributed by atoms with Gasteiger partial charge in [0, 0.05) is 12.1 Å². The highest BCUT2D eigenvalue weighted by molar-refractivity contribution is 5.67. The van der Waals surface area contributed by atoms with Gasteiger partial charge in [0.15, 0.2) is 0 Å². The average molecular weight is 318 g/mol. The number of rotatable bonds is 5. The van der Waals surface area contributed by atoms with Crippen LogP contribution in [0.5, 0.6) is 0 Å². The zero-order valence-corrected chi connectivity index (χ0v) is 13.8. The quantitative estimate of drug-likeness (QED) is 0.880. The van der Waals surface area contributed by atoms with Crippen LogP contribution in [0.2, 0.25) is 0 Å². The van der Waals surface area contributed by atoms with Crippen LogP contribution in [0.3, 0.4) is 0 Å². The Kier molecular flexibility index (Phi) is 5.33. The number of alkyl carbamates (subject to hydrolysis) is 1. The molecule has 0 unspecified atom stereocenters. The molecule has 1 aromatic carbocycles. The normalized spacial score (nSPS) is 11.3. The number of benzene rings is 1. The van der Waals surface area contributed by atoms with Gasteiger partial charge in [0.25, 0.3) is 0 Å². The molecule has 1 aromatic heterocycles. The highest BCUT2D eigenvalue weighted by Crippen LogP contribution is 2.16. The maximum atomic E-state index is 11.6. The van der Waals surface area contributed by atoms with Gasteiger partial charge in [-0.05, 0) is 33.4 Å². The van der Waals surface area contributed by atoms with Crippen LogP contribution < -0.4 is 10.6 Å². The van der Waals surface area contributed by atoms with E-state index in [1.54, 1.807) is 0 Å². The predicted molar refractivity (Wildman–Crippen MR) is 85.6 cm³/mol. The maximum absolute atomic E-state index is 11.6. The molecule has 0 saturated carbocycles. The molecule has 0 bridgehead atoms. The molecule has 7 nitrogen and oxygen atoms in total. The standard InChI is InChI=1S/C16H22N4O3/c1-16(2,3)22-15(21)18-9-11-5-7-12(8-6-11)14-19-13(10-17-4)23-20-14/h5-8,17H,9-10H2,1-4H3,(H,18,21). The van der Waals surface area contributed by atoms with Gasteiger partial charge in [-0.15, -0.1) is 0 Å². The van der Waals surface area contributed by atoms with E-state index in [-0.39, 0.29) is 0 Å². The second-order valence-electron chi connectivity index (χ2n) is 6.09. The summed E-state index contributed by atoms with van der Waals surface area (Å²) >= 11 is 0. The van der Waals surface area contributed by atoms with E-state index in [0.29, 0.717) is 24.8 Å². The van der Waals surface area contributed by atoms with Crippen LogP contribution >= 0.6 is 0 Å². The minimum atomic E-state index is -0.502. The van der Waals surface area contributed by atoms with Gasteiger partial charge < -0.3 is 19.9 Å². The molecule has 23 heavy (non-hydrogen) atoms. The van der Waals surface area contributed by atoms with Gasteiger partial charge in [-0.3, -0.25) is 0 Å². The van der Waals surface area contributed by atoms with Crippen molar-refractivity contribution in [3.8, 4) is 11.4 Å². The monoisotopic (exact) mass is 318 g/mol. The minimum absolute atomic E-state index is 0.395. The summed E-state index contributed by atoms with van der Waals surface area (Å²) < 4.78 is 10.3. The number of hydrogen-bond acceptors (Lipinski definition) is 6. The van der Waals surface area contributed by atoms with Crippen molar-refractivity contribution in [2.24, 2.45) is 0 Å². The molecule has 2 rings (SSSR count). The third-order valence-electron chi connectivity index (χ3n) is 2.84. The lowest BCUT2D eigenvalue weighted by Crippen LogP contribution is -2.32. The highest BCUT2D eigenvalue weighted by Gasteiger charge is 2.15. The lowest BCUT2D eigenvalue weighted by atomic mass is 10.1. The lowest BCUT2D eigenvalue weighted by Gasteiger charge is -2.19. The second-order valence-corrected chi connectivity index (χ2v) is 6.09. The first-order valence-corrected chi connectivity index (χ1v) is 7.41. The van der Waals surface area contributed by atoms with E-state index in [1.165, 1.54) is 0 Å². The fourth-order valence-electron chi connectivity index (χ4n) is 1.86. The van der Waals surface area contributed by atoms with E-state index in [1.807, 2.05) is 52.1 Å². The van der Waals surface area contributed by atoms with Crippen molar-refractivity contribution < 1.29 is 14.1 Å². The fraction of sp³-hybridized carbons (Fsp3) is 0.438. The fourth-order valence-corrected chi connectivity index (χ4v) is 1.86. The van der Waals surface area contributed by atoms with E-state index in [4.69, 9.17) is 9.26 Å². The maximum Gasteiger partial charge on any atom is 0.407 e. The van der Waals surface area contributed by atoms with Gasteiger partial charge in [0.05, 0.1) is 6.54 Å². The molecule has 0 aliphatic heterocycles. The Bertz CT molecular complexity index is 644. The first-order chi connectivity index (χ1) is 10.9. The van der Waals surface area contributed by atoms with E-state index < -0.39 is 11.7 Å². The summed E-state index contributed by atoms with van der Waals surface area (Å²) in [5, 5.41) is 9.60. The summed E-state index contributed by atoms with van der Waals surface area (Å²) in [6.45, 7) is 6.41. The summed E-state index contributed by atoms with van der Waals surface area (Å²) in [4.78, 5) is 15.9. The molecule has 124 valence electrons. The minimum Gasteiger partial charge on any atom is -0.444 e. The third-order valence-corrected chi connectivity index (χ3v) is 2.84. The van der Waals surface area contributed by atoms with Crippen LogP contribution in [0.4, 0.5) is 4.79 Å². The van der Waals surface area contributed by atoms with Crippen LogP contribution in [-0.2, 0) is 17.8 Å². The van der Waals surface area contributed by atoms with E-state index in [0.717, 1.165) is 11.1 Å². The lowest BCUT2D eigenvalue weighted by molar-refractivity contribution is 0.0523. The van der Waals surface area contributed by atoms with Gasteiger partial charge >= 0.3 is 6.09 Å². The molecule has 2 aromatic rings. The molecule has 0 saturated heterocycles. The Labute approximate surface area is 135 Å². The van der Waals surface area contributed by atoms with Crippen LogP contribution in [0.15, 0.2) is 28.8 Å².